The second kappa shape index (κ2) is 7.17. The molecule has 0 fully saturated rings. The standard InChI is InChI=1S/C16H25NO2/c1-6-14(16(18)17-13(5)11(2)3)19-15-10-8-7-9-12(15)4/h7-11,13-14H,6H2,1-5H3,(H,17,18)/t13-,14-/m1/s1. The zero-order chi connectivity index (χ0) is 14.4. The number of carbonyl (C=O) groups is 1. The van der Waals surface area contributed by atoms with E-state index in [1.165, 1.54) is 0 Å². The Bertz CT molecular complexity index is 415. The third kappa shape index (κ3) is 4.58. The van der Waals surface area contributed by atoms with E-state index in [-0.39, 0.29) is 11.9 Å². The van der Waals surface area contributed by atoms with Crippen molar-refractivity contribution >= 4 is 5.91 Å². The number of nitrogens with one attached hydrogen (secondary N) is 1. The summed E-state index contributed by atoms with van der Waals surface area (Å²) < 4.78 is 5.82. The van der Waals surface area contributed by atoms with Crippen molar-refractivity contribution in [3.05, 3.63) is 29.8 Å². The fraction of sp³-hybridized carbons (Fsp3) is 0.562. The summed E-state index contributed by atoms with van der Waals surface area (Å²) in [4.78, 5) is 12.2. The molecule has 0 spiro atoms. The average molecular weight is 263 g/mol. The van der Waals surface area contributed by atoms with Crippen molar-refractivity contribution in [2.24, 2.45) is 5.92 Å². The van der Waals surface area contributed by atoms with Gasteiger partial charge in [-0.3, -0.25) is 4.79 Å². The van der Waals surface area contributed by atoms with Crippen LogP contribution in [0.5, 0.6) is 5.75 Å². The van der Waals surface area contributed by atoms with Crippen molar-refractivity contribution < 1.29 is 9.53 Å². The minimum absolute atomic E-state index is 0.0352. The number of para-hydroxylation sites is 1. The first-order valence-corrected chi connectivity index (χ1v) is 6.98. The van der Waals surface area contributed by atoms with Gasteiger partial charge in [-0.1, -0.05) is 39.0 Å². The molecule has 1 rings (SSSR count). The van der Waals surface area contributed by atoms with E-state index in [2.05, 4.69) is 19.2 Å². The highest BCUT2D eigenvalue weighted by Crippen LogP contribution is 2.19. The first kappa shape index (κ1) is 15.5. The van der Waals surface area contributed by atoms with Gasteiger partial charge in [-0.05, 0) is 37.8 Å². The van der Waals surface area contributed by atoms with Crippen molar-refractivity contribution in [1.29, 1.82) is 0 Å². The third-order valence-corrected chi connectivity index (χ3v) is 3.40. The van der Waals surface area contributed by atoms with Gasteiger partial charge in [0.05, 0.1) is 0 Å². The van der Waals surface area contributed by atoms with Crippen LogP contribution < -0.4 is 10.1 Å². The summed E-state index contributed by atoms with van der Waals surface area (Å²) in [5, 5.41) is 3.01. The molecule has 0 unspecified atom stereocenters. The van der Waals surface area contributed by atoms with Gasteiger partial charge in [0, 0.05) is 6.04 Å². The Labute approximate surface area is 116 Å². The van der Waals surface area contributed by atoms with Crippen molar-refractivity contribution in [1.82, 2.24) is 5.32 Å². The predicted molar refractivity (Wildman–Crippen MR) is 78.3 cm³/mol. The number of hydrogen-bond donors (Lipinski definition) is 1. The number of aryl methyl sites for hydroxylation is 1. The first-order chi connectivity index (χ1) is 8.95. The summed E-state index contributed by atoms with van der Waals surface area (Å²) in [6.45, 7) is 10.1. The molecule has 0 bridgehead atoms. The molecule has 0 radical (unpaired) electrons. The van der Waals surface area contributed by atoms with Crippen LogP contribution in [0.15, 0.2) is 24.3 Å². The molecule has 2 atom stereocenters. The Morgan fingerprint density at radius 3 is 2.42 bits per heavy atom. The van der Waals surface area contributed by atoms with Gasteiger partial charge in [-0.25, -0.2) is 0 Å². The summed E-state index contributed by atoms with van der Waals surface area (Å²) in [5.74, 6) is 1.16. The van der Waals surface area contributed by atoms with E-state index < -0.39 is 6.10 Å². The van der Waals surface area contributed by atoms with Crippen molar-refractivity contribution in [2.45, 2.75) is 53.2 Å². The Kier molecular flexibility index (Phi) is 5.87. The highest BCUT2D eigenvalue weighted by molar-refractivity contribution is 5.81. The van der Waals surface area contributed by atoms with Crippen LogP contribution in [0.4, 0.5) is 0 Å². The second-order valence-corrected chi connectivity index (χ2v) is 5.32. The molecule has 1 N–H and O–H groups in total. The summed E-state index contributed by atoms with van der Waals surface area (Å²) in [6.07, 6.45) is 0.229. The van der Waals surface area contributed by atoms with Crippen molar-refractivity contribution in [3.63, 3.8) is 0 Å². The van der Waals surface area contributed by atoms with Crippen LogP contribution in [-0.2, 0) is 4.79 Å². The van der Waals surface area contributed by atoms with E-state index >= 15 is 0 Å². The molecular weight excluding hydrogens is 238 g/mol. The number of carbonyl (C=O) groups excluding carboxylic acids is 1. The molecule has 19 heavy (non-hydrogen) atoms. The molecule has 3 nitrogen and oxygen atoms in total. The van der Waals surface area contributed by atoms with E-state index in [4.69, 9.17) is 4.74 Å². The van der Waals surface area contributed by atoms with Gasteiger partial charge < -0.3 is 10.1 Å². The quantitative estimate of drug-likeness (QED) is 0.855. The second-order valence-electron chi connectivity index (χ2n) is 5.32. The summed E-state index contributed by atoms with van der Waals surface area (Å²) in [6, 6.07) is 7.92. The largest absolute Gasteiger partial charge is 0.480 e. The number of amides is 1. The van der Waals surface area contributed by atoms with E-state index in [1.54, 1.807) is 0 Å². The van der Waals surface area contributed by atoms with Crippen LogP contribution >= 0.6 is 0 Å². The SMILES string of the molecule is CC[C@@H](Oc1ccccc1C)C(=O)N[C@H](C)C(C)C. The van der Waals surface area contributed by atoms with Crippen LogP contribution in [0.2, 0.25) is 0 Å². The zero-order valence-corrected chi connectivity index (χ0v) is 12.6. The van der Waals surface area contributed by atoms with E-state index in [0.29, 0.717) is 12.3 Å². The minimum atomic E-state index is -0.428. The van der Waals surface area contributed by atoms with Gasteiger partial charge in [0.25, 0.3) is 5.91 Å². The number of rotatable bonds is 6. The van der Waals surface area contributed by atoms with Gasteiger partial charge in [-0.2, -0.15) is 0 Å². The van der Waals surface area contributed by atoms with E-state index in [0.717, 1.165) is 11.3 Å². The van der Waals surface area contributed by atoms with Crippen LogP contribution in [0.1, 0.15) is 39.7 Å². The maximum atomic E-state index is 12.2. The molecule has 0 aliphatic carbocycles. The van der Waals surface area contributed by atoms with Crippen molar-refractivity contribution in [3.8, 4) is 5.75 Å². The molecule has 0 aliphatic heterocycles. The fourth-order valence-corrected chi connectivity index (χ4v) is 1.65. The summed E-state index contributed by atoms with van der Waals surface area (Å²) in [5.41, 5.74) is 1.05. The maximum Gasteiger partial charge on any atom is 0.261 e. The summed E-state index contributed by atoms with van der Waals surface area (Å²) in [7, 11) is 0. The van der Waals surface area contributed by atoms with Gasteiger partial charge in [0.1, 0.15) is 5.75 Å². The molecule has 1 aromatic rings. The van der Waals surface area contributed by atoms with Crippen LogP contribution in [0, 0.1) is 12.8 Å². The van der Waals surface area contributed by atoms with Crippen LogP contribution in [0.25, 0.3) is 0 Å². The molecule has 3 heteroatoms. The average Bonchev–Trinajstić information content (AvgIpc) is 2.37. The van der Waals surface area contributed by atoms with Gasteiger partial charge >= 0.3 is 0 Å². The van der Waals surface area contributed by atoms with Crippen molar-refractivity contribution in [2.75, 3.05) is 0 Å². The lowest BCUT2D eigenvalue weighted by Crippen LogP contribution is -2.44. The zero-order valence-electron chi connectivity index (χ0n) is 12.6. The molecule has 0 aliphatic rings. The fourth-order valence-electron chi connectivity index (χ4n) is 1.65. The van der Waals surface area contributed by atoms with Gasteiger partial charge in [0.2, 0.25) is 0 Å². The Hall–Kier alpha value is -1.51. The molecule has 1 aromatic carbocycles. The van der Waals surface area contributed by atoms with E-state index in [9.17, 15) is 4.79 Å². The molecule has 0 heterocycles. The Morgan fingerprint density at radius 1 is 1.26 bits per heavy atom. The Balaban J connectivity index is 2.68. The van der Waals surface area contributed by atoms with Crippen LogP contribution in [0.3, 0.4) is 0 Å². The third-order valence-electron chi connectivity index (χ3n) is 3.40. The lowest BCUT2D eigenvalue weighted by atomic mass is 10.1. The molecule has 0 saturated heterocycles. The number of benzene rings is 1. The maximum absolute atomic E-state index is 12.2. The topological polar surface area (TPSA) is 38.3 Å². The molecule has 0 saturated carbocycles. The first-order valence-electron chi connectivity index (χ1n) is 6.98. The Morgan fingerprint density at radius 2 is 1.89 bits per heavy atom. The molecular formula is C16H25NO2. The lowest BCUT2D eigenvalue weighted by Gasteiger charge is -2.23. The number of hydrogen-bond acceptors (Lipinski definition) is 2. The molecule has 1 amide bonds. The molecule has 106 valence electrons. The monoisotopic (exact) mass is 263 g/mol. The normalized spacial score (nSPS) is 14.0. The van der Waals surface area contributed by atoms with Gasteiger partial charge in [-0.15, -0.1) is 0 Å². The predicted octanol–water partition coefficient (Wildman–Crippen LogP) is 3.31. The molecule has 0 aromatic heterocycles. The van der Waals surface area contributed by atoms with E-state index in [1.807, 2.05) is 45.0 Å². The lowest BCUT2D eigenvalue weighted by molar-refractivity contribution is -0.129. The summed E-state index contributed by atoms with van der Waals surface area (Å²) >= 11 is 0. The number of ether oxygens (including phenoxy) is 1. The highest BCUT2D eigenvalue weighted by atomic mass is 16.5. The minimum Gasteiger partial charge on any atom is -0.480 e. The highest BCUT2D eigenvalue weighted by Gasteiger charge is 2.21. The van der Waals surface area contributed by atoms with Crippen LogP contribution in [-0.4, -0.2) is 18.1 Å². The smallest absolute Gasteiger partial charge is 0.261 e. The van der Waals surface area contributed by atoms with Gasteiger partial charge in [0.15, 0.2) is 6.10 Å².